The van der Waals surface area contributed by atoms with Gasteiger partial charge in [-0.15, -0.1) is 5.10 Å². The van der Waals surface area contributed by atoms with Crippen LogP contribution in [0.2, 0.25) is 0 Å². The van der Waals surface area contributed by atoms with E-state index >= 15 is 0 Å². The van der Waals surface area contributed by atoms with E-state index in [9.17, 15) is 9.18 Å². The maximum atomic E-state index is 13.5. The second-order valence-corrected chi connectivity index (χ2v) is 7.98. The van der Waals surface area contributed by atoms with Crippen LogP contribution >= 0.6 is 0 Å². The van der Waals surface area contributed by atoms with Crippen LogP contribution in [0.4, 0.5) is 10.1 Å². The number of aryl methyl sites for hydroxylation is 1. The number of para-hydroxylation sites is 2. The predicted octanol–water partition coefficient (Wildman–Crippen LogP) is 2.65. The molecule has 4 rings (SSSR count). The zero-order valence-electron chi connectivity index (χ0n) is 18.5. The third kappa shape index (κ3) is 4.56. The number of nitrogens with zero attached hydrogens (tertiary/aromatic N) is 6. The van der Waals surface area contributed by atoms with Gasteiger partial charge in [0.1, 0.15) is 29.5 Å². The van der Waals surface area contributed by atoms with E-state index in [2.05, 4.69) is 27.3 Å². The van der Waals surface area contributed by atoms with Crippen LogP contribution in [0.3, 0.4) is 0 Å². The number of benzene rings is 2. The third-order valence-electron chi connectivity index (χ3n) is 5.74. The monoisotopic (exact) mass is 438 g/mol. The summed E-state index contributed by atoms with van der Waals surface area (Å²) in [5.74, 6) is 0.919. The number of hydrogen-bond donors (Lipinski definition) is 0. The number of carbonyl (C=O) groups is 1. The minimum Gasteiger partial charge on any atom is -0.485 e. The highest BCUT2D eigenvalue weighted by atomic mass is 19.1. The van der Waals surface area contributed by atoms with E-state index in [0.717, 1.165) is 23.5 Å². The Kier molecular flexibility index (Phi) is 6.34. The summed E-state index contributed by atoms with van der Waals surface area (Å²) in [7, 11) is 1.76. The summed E-state index contributed by atoms with van der Waals surface area (Å²) < 4.78 is 21.1. The molecule has 0 saturated heterocycles. The van der Waals surface area contributed by atoms with Crippen LogP contribution in [0.25, 0.3) is 0 Å². The molecule has 0 aliphatic carbocycles. The summed E-state index contributed by atoms with van der Waals surface area (Å²) in [6.45, 7) is 5.83. The van der Waals surface area contributed by atoms with E-state index in [4.69, 9.17) is 4.74 Å². The van der Waals surface area contributed by atoms with E-state index in [1.165, 1.54) is 16.8 Å². The van der Waals surface area contributed by atoms with Gasteiger partial charge in [0.05, 0.1) is 18.8 Å². The van der Waals surface area contributed by atoms with E-state index in [0.29, 0.717) is 25.3 Å². The maximum Gasteiger partial charge on any atom is 0.247 e. The van der Waals surface area contributed by atoms with Crippen molar-refractivity contribution in [3.8, 4) is 5.75 Å². The fourth-order valence-corrected chi connectivity index (χ4v) is 4.07. The van der Waals surface area contributed by atoms with Crippen LogP contribution < -0.4 is 9.64 Å². The van der Waals surface area contributed by atoms with Crippen LogP contribution in [0.5, 0.6) is 5.75 Å². The van der Waals surface area contributed by atoms with Crippen molar-refractivity contribution >= 4 is 11.6 Å². The van der Waals surface area contributed by atoms with Crippen molar-refractivity contribution in [1.82, 2.24) is 25.1 Å². The van der Waals surface area contributed by atoms with E-state index in [-0.39, 0.29) is 17.8 Å². The highest BCUT2D eigenvalue weighted by Crippen LogP contribution is 2.33. The average molecular weight is 439 g/mol. The van der Waals surface area contributed by atoms with Crippen molar-refractivity contribution in [2.75, 3.05) is 31.6 Å². The van der Waals surface area contributed by atoms with Crippen LogP contribution in [-0.2, 0) is 11.2 Å². The van der Waals surface area contributed by atoms with Gasteiger partial charge in [-0.25, -0.2) is 9.07 Å². The number of anilines is 1. The number of halogens is 1. The van der Waals surface area contributed by atoms with Crippen molar-refractivity contribution in [1.29, 1.82) is 0 Å². The van der Waals surface area contributed by atoms with Gasteiger partial charge in [0.2, 0.25) is 5.91 Å². The van der Waals surface area contributed by atoms with Crippen LogP contribution in [-0.4, -0.2) is 63.8 Å². The van der Waals surface area contributed by atoms with Crippen molar-refractivity contribution in [3.05, 3.63) is 65.7 Å². The lowest BCUT2D eigenvalue weighted by Crippen LogP contribution is -2.48. The fraction of sp³-hybridized carbons (Fsp3) is 0.391. The first-order valence-electron chi connectivity index (χ1n) is 10.7. The van der Waals surface area contributed by atoms with Gasteiger partial charge >= 0.3 is 0 Å². The standard InChI is InChI=1S/C23H27FN6O2/c1-4-29-15-19(32-22-8-6-5-7-20(22)29)14-28(3)23(31)21(30-16(2)25-26-27-30)13-17-9-11-18(24)12-10-17/h5-12,19,21H,4,13-15H2,1-3H3/t19-,21+/m0/s1. The van der Waals surface area contributed by atoms with Gasteiger partial charge < -0.3 is 14.5 Å². The van der Waals surface area contributed by atoms with E-state index in [1.807, 2.05) is 24.3 Å². The van der Waals surface area contributed by atoms with Gasteiger partial charge in [-0.05, 0) is 54.1 Å². The zero-order valence-corrected chi connectivity index (χ0v) is 18.5. The first-order valence-corrected chi connectivity index (χ1v) is 10.7. The Morgan fingerprint density at radius 3 is 2.69 bits per heavy atom. The molecule has 1 amide bonds. The molecule has 3 aromatic rings. The average Bonchev–Trinajstić information content (AvgIpc) is 3.23. The lowest BCUT2D eigenvalue weighted by atomic mass is 10.0. The van der Waals surface area contributed by atoms with Gasteiger partial charge in [0.25, 0.3) is 0 Å². The summed E-state index contributed by atoms with van der Waals surface area (Å²) in [5.41, 5.74) is 1.90. The molecule has 9 heteroatoms. The number of carbonyl (C=O) groups excluding carboxylic acids is 1. The summed E-state index contributed by atoms with van der Waals surface area (Å²) in [4.78, 5) is 17.4. The molecule has 0 spiro atoms. The molecular formula is C23H27FN6O2. The van der Waals surface area contributed by atoms with Crippen molar-refractivity contribution in [2.24, 2.45) is 0 Å². The van der Waals surface area contributed by atoms with Crippen molar-refractivity contribution < 1.29 is 13.9 Å². The molecule has 0 N–H and O–H groups in total. The summed E-state index contributed by atoms with van der Waals surface area (Å²) >= 11 is 0. The number of tetrazole rings is 1. The van der Waals surface area contributed by atoms with Gasteiger partial charge in [-0.3, -0.25) is 4.79 Å². The van der Waals surface area contributed by atoms with Crippen LogP contribution in [0, 0.1) is 12.7 Å². The molecule has 0 radical (unpaired) electrons. The quantitative estimate of drug-likeness (QED) is 0.565. The molecule has 2 atom stereocenters. The van der Waals surface area contributed by atoms with Crippen molar-refractivity contribution in [2.45, 2.75) is 32.4 Å². The Morgan fingerprint density at radius 2 is 2.00 bits per heavy atom. The van der Waals surface area contributed by atoms with E-state index in [1.54, 1.807) is 31.0 Å². The molecule has 8 nitrogen and oxygen atoms in total. The Labute approximate surface area is 186 Å². The number of ether oxygens (including phenoxy) is 1. The molecule has 0 bridgehead atoms. The highest BCUT2D eigenvalue weighted by Gasteiger charge is 2.31. The fourth-order valence-electron chi connectivity index (χ4n) is 4.07. The Hall–Kier alpha value is -3.49. The first kappa shape index (κ1) is 21.7. The summed E-state index contributed by atoms with van der Waals surface area (Å²) in [6.07, 6.45) is 0.186. The van der Waals surface area contributed by atoms with Gasteiger partial charge in [-0.2, -0.15) is 0 Å². The minimum absolute atomic E-state index is 0.129. The zero-order chi connectivity index (χ0) is 22.7. The van der Waals surface area contributed by atoms with E-state index < -0.39 is 6.04 Å². The topological polar surface area (TPSA) is 76.4 Å². The molecule has 1 aliphatic rings. The van der Waals surface area contributed by atoms with Crippen LogP contribution in [0.15, 0.2) is 48.5 Å². The second kappa shape index (κ2) is 9.33. The third-order valence-corrected chi connectivity index (χ3v) is 5.74. The Bertz CT molecular complexity index is 1070. The Balaban J connectivity index is 1.52. The molecule has 32 heavy (non-hydrogen) atoms. The number of rotatable bonds is 7. The molecule has 0 unspecified atom stereocenters. The second-order valence-electron chi connectivity index (χ2n) is 7.98. The molecular weight excluding hydrogens is 411 g/mol. The lowest BCUT2D eigenvalue weighted by molar-refractivity contribution is -0.134. The molecule has 168 valence electrons. The number of fused-ring (bicyclic) bond motifs is 1. The Morgan fingerprint density at radius 1 is 1.25 bits per heavy atom. The number of aromatic nitrogens is 4. The number of amides is 1. The number of hydrogen-bond acceptors (Lipinski definition) is 6. The van der Waals surface area contributed by atoms with Gasteiger partial charge in [-0.1, -0.05) is 24.3 Å². The molecule has 1 aromatic heterocycles. The van der Waals surface area contributed by atoms with Crippen molar-refractivity contribution in [3.63, 3.8) is 0 Å². The smallest absolute Gasteiger partial charge is 0.247 e. The van der Waals surface area contributed by atoms with Gasteiger partial charge in [0.15, 0.2) is 0 Å². The molecule has 0 fully saturated rings. The first-order chi connectivity index (χ1) is 15.5. The molecule has 1 aliphatic heterocycles. The molecule has 0 saturated carbocycles. The maximum absolute atomic E-state index is 13.5. The normalized spacial score (nSPS) is 16.2. The summed E-state index contributed by atoms with van der Waals surface area (Å²) in [5, 5.41) is 11.7. The lowest BCUT2D eigenvalue weighted by Gasteiger charge is -2.37. The van der Waals surface area contributed by atoms with Gasteiger partial charge in [0, 0.05) is 20.0 Å². The SMILES string of the molecule is CCN1C[C@H](CN(C)C(=O)[C@@H](Cc2ccc(F)cc2)n2nnnc2C)Oc2ccccc21. The highest BCUT2D eigenvalue weighted by molar-refractivity contribution is 5.80. The molecule has 2 aromatic carbocycles. The van der Waals surface area contributed by atoms with Crippen LogP contribution in [0.1, 0.15) is 24.4 Å². The molecule has 2 heterocycles. The summed E-state index contributed by atoms with van der Waals surface area (Å²) in [6, 6.07) is 13.4. The largest absolute Gasteiger partial charge is 0.485 e. The minimum atomic E-state index is -0.640. The predicted molar refractivity (Wildman–Crippen MR) is 118 cm³/mol. The number of likely N-dealkylation sites (N-methyl/N-ethyl adjacent to an activating group) is 2.